The minimum Gasteiger partial charge on any atom is -0.494 e. The van der Waals surface area contributed by atoms with Gasteiger partial charge in [-0.25, -0.2) is 14.2 Å². The van der Waals surface area contributed by atoms with Crippen LogP contribution in [0.5, 0.6) is 11.5 Å². The number of aromatic nitrogens is 1. The smallest absolute Gasteiger partial charge is 0.411 e. The number of thiazole rings is 1. The lowest BCUT2D eigenvalue weighted by Crippen LogP contribution is -2.11. The molecule has 130 valence electrons. The fraction of sp³-hybridized carbons (Fsp3) is 0.176. The summed E-state index contributed by atoms with van der Waals surface area (Å²) in [5, 5.41) is 3.28. The average Bonchev–Trinajstić information content (AvgIpc) is 3.02. The highest BCUT2D eigenvalue weighted by Crippen LogP contribution is 2.30. The third-order valence-corrected chi connectivity index (χ3v) is 4.36. The largest absolute Gasteiger partial charge is 0.494 e. The van der Waals surface area contributed by atoms with Gasteiger partial charge in [0.2, 0.25) is 0 Å². The van der Waals surface area contributed by atoms with Crippen LogP contribution in [0.3, 0.4) is 0 Å². The lowest BCUT2D eigenvalue weighted by atomic mass is 10.2. The topological polar surface area (TPSA) is 69.7 Å². The van der Waals surface area contributed by atoms with Crippen LogP contribution in [0, 0.1) is 5.82 Å². The molecule has 0 spiro atoms. The summed E-state index contributed by atoms with van der Waals surface area (Å²) in [4.78, 5) is 15.6. The summed E-state index contributed by atoms with van der Waals surface area (Å²) in [5.74, 6) is 0.677. The second-order valence-corrected chi connectivity index (χ2v) is 6.10. The van der Waals surface area contributed by atoms with Crippen LogP contribution in [-0.4, -0.2) is 25.3 Å². The average molecular weight is 362 g/mol. The number of benzene rings is 2. The van der Waals surface area contributed by atoms with Crippen LogP contribution < -0.4 is 14.8 Å². The Morgan fingerprint density at radius 3 is 2.84 bits per heavy atom. The van der Waals surface area contributed by atoms with Crippen molar-refractivity contribution in [1.82, 2.24) is 4.98 Å². The Bertz CT molecular complexity index is 913. The van der Waals surface area contributed by atoms with Gasteiger partial charge in [-0.05, 0) is 24.3 Å². The Labute approximate surface area is 147 Å². The molecular weight excluding hydrogens is 347 g/mol. The molecule has 1 amide bonds. The fourth-order valence-electron chi connectivity index (χ4n) is 2.18. The SMILES string of the molecule is COC(=O)Nc1ccc(OCc2nc3cc(F)ccc3s2)cc1OC. The molecular formula is C17H15FN2O4S. The summed E-state index contributed by atoms with van der Waals surface area (Å²) in [7, 11) is 2.77. The molecule has 6 nitrogen and oxygen atoms in total. The zero-order valence-electron chi connectivity index (χ0n) is 13.5. The third-order valence-electron chi connectivity index (χ3n) is 3.35. The maximum absolute atomic E-state index is 13.2. The minimum atomic E-state index is -0.589. The first-order valence-electron chi connectivity index (χ1n) is 7.30. The summed E-state index contributed by atoms with van der Waals surface area (Å²) in [6.07, 6.45) is -0.589. The van der Waals surface area contributed by atoms with Gasteiger partial charge in [0.1, 0.15) is 28.9 Å². The van der Waals surface area contributed by atoms with Crippen LogP contribution in [0.2, 0.25) is 0 Å². The summed E-state index contributed by atoms with van der Waals surface area (Å²) in [6, 6.07) is 9.49. The van der Waals surface area contributed by atoms with Crippen LogP contribution in [0.1, 0.15) is 5.01 Å². The molecule has 3 aromatic rings. The lowest BCUT2D eigenvalue weighted by molar-refractivity contribution is 0.186. The van der Waals surface area contributed by atoms with Gasteiger partial charge in [-0.2, -0.15) is 0 Å². The van der Waals surface area contributed by atoms with E-state index < -0.39 is 6.09 Å². The lowest BCUT2D eigenvalue weighted by Gasteiger charge is -2.11. The van der Waals surface area contributed by atoms with Crippen LogP contribution >= 0.6 is 11.3 Å². The summed E-state index contributed by atoms with van der Waals surface area (Å²) >= 11 is 1.44. The third kappa shape index (κ3) is 3.97. The molecule has 0 fully saturated rings. The van der Waals surface area contributed by atoms with E-state index >= 15 is 0 Å². The maximum Gasteiger partial charge on any atom is 0.411 e. The van der Waals surface area contributed by atoms with Gasteiger partial charge in [-0.1, -0.05) is 0 Å². The second kappa shape index (κ2) is 7.35. The zero-order valence-corrected chi connectivity index (χ0v) is 14.4. The molecule has 0 saturated heterocycles. The van der Waals surface area contributed by atoms with Crippen LogP contribution in [0.15, 0.2) is 36.4 Å². The van der Waals surface area contributed by atoms with Crippen molar-refractivity contribution in [3.8, 4) is 11.5 Å². The van der Waals surface area contributed by atoms with E-state index in [4.69, 9.17) is 9.47 Å². The molecule has 0 aliphatic heterocycles. The van der Waals surface area contributed by atoms with E-state index in [9.17, 15) is 9.18 Å². The molecule has 0 atom stereocenters. The zero-order chi connectivity index (χ0) is 17.8. The summed E-state index contributed by atoms with van der Waals surface area (Å²) in [5.41, 5.74) is 1.08. The van der Waals surface area contributed by atoms with E-state index in [1.807, 2.05) is 0 Å². The first-order chi connectivity index (χ1) is 12.1. The van der Waals surface area contributed by atoms with Gasteiger partial charge >= 0.3 is 6.09 Å². The molecule has 0 aliphatic carbocycles. The number of fused-ring (bicyclic) bond motifs is 1. The number of halogens is 1. The van der Waals surface area contributed by atoms with Gasteiger partial charge in [0.05, 0.1) is 30.1 Å². The highest BCUT2D eigenvalue weighted by Gasteiger charge is 2.10. The van der Waals surface area contributed by atoms with Gasteiger partial charge in [0.15, 0.2) is 0 Å². The molecule has 25 heavy (non-hydrogen) atoms. The highest BCUT2D eigenvalue weighted by atomic mass is 32.1. The van der Waals surface area contributed by atoms with Crippen molar-refractivity contribution >= 4 is 33.3 Å². The Morgan fingerprint density at radius 1 is 1.24 bits per heavy atom. The predicted molar refractivity (Wildman–Crippen MR) is 92.9 cm³/mol. The van der Waals surface area contributed by atoms with Crippen molar-refractivity contribution < 1.29 is 23.4 Å². The Hall–Kier alpha value is -2.87. The van der Waals surface area contributed by atoms with Gasteiger partial charge in [0.25, 0.3) is 0 Å². The Balaban J connectivity index is 1.72. The van der Waals surface area contributed by atoms with Crippen molar-refractivity contribution in [1.29, 1.82) is 0 Å². The molecule has 0 unspecified atom stereocenters. The number of anilines is 1. The van der Waals surface area contributed by atoms with Crippen molar-refractivity contribution in [3.05, 3.63) is 47.2 Å². The number of carbonyl (C=O) groups is 1. The van der Waals surface area contributed by atoms with Gasteiger partial charge < -0.3 is 14.2 Å². The monoisotopic (exact) mass is 362 g/mol. The van der Waals surface area contributed by atoms with E-state index in [1.54, 1.807) is 24.3 Å². The first kappa shape index (κ1) is 17.0. The number of ether oxygens (including phenoxy) is 3. The van der Waals surface area contributed by atoms with E-state index in [1.165, 1.54) is 37.7 Å². The van der Waals surface area contributed by atoms with E-state index in [0.717, 1.165) is 9.71 Å². The van der Waals surface area contributed by atoms with E-state index in [-0.39, 0.29) is 12.4 Å². The molecule has 0 bridgehead atoms. The molecule has 0 aliphatic rings. The van der Waals surface area contributed by atoms with Gasteiger partial charge in [0, 0.05) is 12.1 Å². The minimum absolute atomic E-state index is 0.244. The number of rotatable bonds is 5. The van der Waals surface area contributed by atoms with Crippen LogP contribution in [0.25, 0.3) is 10.2 Å². The van der Waals surface area contributed by atoms with Crippen LogP contribution in [0.4, 0.5) is 14.9 Å². The number of hydrogen-bond acceptors (Lipinski definition) is 6. The number of amides is 1. The van der Waals surface area contributed by atoms with Crippen molar-refractivity contribution in [2.45, 2.75) is 6.61 Å². The number of carbonyl (C=O) groups excluding carboxylic acids is 1. The standard InChI is InChI=1S/C17H15FN2O4S/c1-22-14-8-11(4-5-12(14)20-17(21)23-2)24-9-16-19-13-7-10(18)3-6-15(13)25-16/h3-8H,9H2,1-2H3,(H,20,21). The molecule has 1 aromatic heterocycles. The molecule has 0 saturated carbocycles. The summed E-state index contributed by atoms with van der Waals surface area (Å²) < 4.78 is 29.6. The number of hydrogen-bond donors (Lipinski definition) is 1. The quantitative estimate of drug-likeness (QED) is 0.737. The van der Waals surface area contributed by atoms with Crippen molar-refractivity contribution in [2.75, 3.05) is 19.5 Å². The molecule has 3 rings (SSSR count). The molecule has 1 heterocycles. The first-order valence-corrected chi connectivity index (χ1v) is 8.11. The Kier molecular flexibility index (Phi) is 4.99. The normalized spacial score (nSPS) is 10.5. The van der Waals surface area contributed by atoms with E-state index in [2.05, 4.69) is 15.0 Å². The Morgan fingerprint density at radius 2 is 2.08 bits per heavy atom. The number of nitrogens with one attached hydrogen (secondary N) is 1. The van der Waals surface area contributed by atoms with Crippen LogP contribution in [-0.2, 0) is 11.3 Å². The highest BCUT2D eigenvalue weighted by molar-refractivity contribution is 7.18. The van der Waals surface area contributed by atoms with Crippen molar-refractivity contribution in [3.63, 3.8) is 0 Å². The summed E-state index contributed by atoms with van der Waals surface area (Å²) in [6.45, 7) is 0.244. The second-order valence-electron chi connectivity index (χ2n) is 4.99. The molecule has 1 N–H and O–H groups in total. The molecule has 0 radical (unpaired) electrons. The molecule has 8 heteroatoms. The van der Waals surface area contributed by atoms with Gasteiger partial charge in [-0.15, -0.1) is 11.3 Å². The van der Waals surface area contributed by atoms with Gasteiger partial charge in [-0.3, -0.25) is 5.32 Å². The van der Waals surface area contributed by atoms with Crippen molar-refractivity contribution in [2.24, 2.45) is 0 Å². The number of nitrogens with zero attached hydrogens (tertiary/aromatic N) is 1. The fourth-order valence-corrected chi connectivity index (χ4v) is 3.04. The molecule has 2 aromatic carbocycles. The predicted octanol–water partition coefficient (Wildman–Crippen LogP) is 4.20. The number of methoxy groups -OCH3 is 2. The van der Waals surface area contributed by atoms with E-state index in [0.29, 0.717) is 22.7 Å². The maximum atomic E-state index is 13.2.